The lowest BCUT2D eigenvalue weighted by Gasteiger charge is -2.22. The van der Waals surface area contributed by atoms with E-state index in [4.69, 9.17) is 14.2 Å². The Bertz CT molecular complexity index is 1030. The largest absolute Gasteiger partial charge is 0.476 e. The summed E-state index contributed by atoms with van der Waals surface area (Å²) in [7, 11) is -1.24. The summed E-state index contributed by atoms with van der Waals surface area (Å²) in [5.41, 5.74) is 2.02. The second kappa shape index (κ2) is 9.63. The third kappa shape index (κ3) is 4.99. The summed E-state index contributed by atoms with van der Waals surface area (Å²) in [5.74, 6) is 0.422. The average Bonchev–Trinajstić information content (AvgIpc) is 3.33. The number of ether oxygens (including phenoxy) is 3. The third-order valence-corrected chi connectivity index (χ3v) is 7.17. The van der Waals surface area contributed by atoms with Crippen LogP contribution in [0, 0.1) is 0 Å². The second-order valence-corrected chi connectivity index (χ2v) is 14.8. The number of rotatable bonds is 9. The van der Waals surface area contributed by atoms with E-state index in [1.165, 1.54) is 6.33 Å². The van der Waals surface area contributed by atoms with Gasteiger partial charge in [-0.05, 0) is 11.6 Å². The van der Waals surface area contributed by atoms with Crippen LogP contribution in [0.2, 0.25) is 25.7 Å². The molecule has 2 unspecified atom stereocenters. The fourth-order valence-electron chi connectivity index (χ4n) is 3.62. The molecule has 2 N–H and O–H groups in total. The molecule has 2 aromatic heterocycles. The molecule has 3 heterocycles. The maximum atomic E-state index is 10.7. The van der Waals surface area contributed by atoms with E-state index in [1.807, 2.05) is 30.3 Å². The Balaban J connectivity index is 1.57. The molecule has 0 spiro atoms. The first kappa shape index (κ1) is 22.8. The van der Waals surface area contributed by atoms with Crippen LogP contribution in [0.5, 0.6) is 5.88 Å². The lowest BCUT2D eigenvalue weighted by molar-refractivity contribution is -0.0761. The molecular weight excluding hydrogens is 428 g/mol. The summed E-state index contributed by atoms with van der Waals surface area (Å²) in [6.07, 6.45) is -0.176. The van der Waals surface area contributed by atoms with Crippen molar-refractivity contribution in [2.75, 3.05) is 13.2 Å². The highest BCUT2D eigenvalue weighted by molar-refractivity contribution is 6.76. The quantitative estimate of drug-likeness (QED) is 0.470. The van der Waals surface area contributed by atoms with E-state index in [2.05, 4.69) is 34.6 Å². The lowest BCUT2D eigenvalue weighted by atomic mass is 10.1. The smallest absolute Gasteiger partial charge is 0.245 e. The predicted octanol–water partition coefficient (Wildman–Crippen LogP) is 2.38. The molecular formula is C22H30N4O5Si. The van der Waals surface area contributed by atoms with Crippen molar-refractivity contribution < 1.29 is 24.4 Å². The first-order valence-electron chi connectivity index (χ1n) is 10.8. The first-order valence-corrected chi connectivity index (χ1v) is 14.5. The minimum Gasteiger partial charge on any atom is -0.476 e. The molecule has 1 aliphatic rings. The maximum Gasteiger partial charge on any atom is 0.245 e. The van der Waals surface area contributed by atoms with Gasteiger partial charge in [0.2, 0.25) is 5.88 Å². The summed E-state index contributed by atoms with van der Waals surface area (Å²) in [6, 6.07) is 10.7. The molecule has 0 amide bonds. The molecule has 10 heteroatoms. The molecule has 1 aromatic carbocycles. The number of nitrogens with zero attached hydrogens (tertiary/aromatic N) is 4. The van der Waals surface area contributed by atoms with E-state index >= 15 is 0 Å². The molecule has 0 radical (unpaired) electrons. The number of imidazole rings is 1. The third-order valence-electron chi connectivity index (χ3n) is 5.47. The molecule has 4 rings (SSSR count). The minimum absolute atomic E-state index is 0.299. The Morgan fingerprint density at radius 2 is 1.91 bits per heavy atom. The average molecular weight is 459 g/mol. The highest BCUT2D eigenvalue weighted by atomic mass is 28.3. The first-order chi connectivity index (χ1) is 15.4. The van der Waals surface area contributed by atoms with Gasteiger partial charge >= 0.3 is 0 Å². The van der Waals surface area contributed by atoms with Gasteiger partial charge in [0.1, 0.15) is 24.6 Å². The predicted molar refractivity (Wildman–Crippen MR) is 121 cm³/mol. The van der Waals surface area contributed by atoms with Gasteiger partial charge in [0.25, 0.3) is 0 Å². The number of hydrogen-bond donors (Lipinski definition) is 2. The Morgan fingerprint density at radius 3 is 2.62 bits per heavy atom. The maximum absolute atomic E-state index is 10.7. The standard InChI is InChI=1S/C22H30N4O5Si/c1-32(2,3)10-9-29-21-17-20(23-13-24-21)26(14-25-17)22-19(18(28)16(11-27)31-22)30-12-15-7-5-4-6-8-15/h4-8,13-14,16,18-19,22,27-28H,9-12H2,1-3H3/t16?,18-,19+,22?/m1/s1. The topological polar surface area (TPSA) is 112 Å². The Hall–Kier alpha value is -2.37. The van der Waals surface area contributed by atoms with Crippen molar-refractivity contribution >= 4 is 19.2 Å². The van der Waals surface area contributed by atoms with Crippen molar-refractivity contribution in [1.29, 1.82) is 0 Å². The molecule has 1 aliphatic heterocycles. The van der Waals surface area contributed by atoms with Crippen molar-refractivity contribution in [3.63, 3.8) is 0 Å². The number of aliphatic hydroxyl groups is 2. The van der Waals surface area contributed by atoms with Gasteiger partial charge in [-0.3, -0.25) is 4.57 Å². The summed E-state index contributed by atoms with van der Waals surface area (Å²) < 4.78 is 19.6. The normalized spacial score (nSPS) is 23.7. The van der Waals surface area contributed by atoms with Crippen LogP contribution in [-0.2, 0) is 16.1 Å². The summed E-state index contributed by atoms with van der Waals surface area (Å²) in [4.78, 5) is 13.1. The van der Waals surface area contributed by atoms with Gasteiger partial charge in [-0.15, -0.1) is 0 Å². The lowest BCUT2D eigenvalue weighted by Crippen LogP contribution is -2.35. The van der Waals surface area contributed by atoms with E-state index < -0.39 is 32.6 Å². The van der Waals surface area contributed by atoms with E-state index in [0.717, 1.165) is 11.6 Å². The van der Waals surface area contributed by atoms with Gasteiger partial charge < -0.3 is 24.4 Å². The van der Waals surface area contributed by atoms with E-state index in [9.17, 15) is 10.2 Å². The van der Waals surface area contributed by atoms with Gasteiger partial charge in [-0.2, -0.15) is 4.98 Å². The molecule has 9 nitrogen and oxygen atoms in total. The van der Waals surface area contributed by atoms with Gasteiger partial charge in [-0.25, -0.2) is 9.97 Å². The van der Waals surface area contributed by atoms with Gasteiger partial charge in [0.15, 0.2) is 17.4 Å². The highest BCUT2D eigenvalue weighted by Crippen LogP contribution is 2.35. The number of aliphatic hydroxyl groups excluding tert-OH is 2. The van der Waals surface area contributed by atoms with Crippen molar-refractivity contribution in [2.45, 2.75) is 56.8 Å². The van der Waals surface area contributed by atoms with Gasteiger partial charge in [0, 0.05) is 8.07 Å². The number of aromatic nitrogens is 4. The number of hydrogen-bond acceptors (Lipinski definition) is 8. The zero-order valence-electron chi connectivity index (χ0n) is 18.6. The Kier molecular flexibility index (Phi) is 6.87. The van der Waals surface area contributed by atoms with Crippen LogP contribution in [0.4, 0.5) is 0 Å². The van der Waals surface area contributed by atoms with Crippen LogP contribution >= 0.6 is 0 Å². The second-order valence-electron chi connectivity index (χ2n) is 9.16. The van der Waals surface area contributed by atoms with Crippen molar-refractivity contribution in [3.8, 4) is 5.88 Å². The SMILES string of the molecule is C[Si](C)(C)CCOc1ncnc2c1ncn2C1OC(CO)[C@@H](O)[C@@H]1OCc1ccccc1. The van der Waals surface area contributed by atoms with Gasteiger partial charge in [-0.1, -0.05) is 50.0 Å². The molecule has 0 bridgehead atoms. The monoisotopic (exact) mass is 458 g/mol. The van der Waals surface area contributed by atoms with Crippen molar-refractivity contribution in [2.24, 2.45) is 0 Å². The zero-order valence-corrected chi connectivity index (χ0v) is 19.6. The van der Waals surface area contributed by atoms with Crippen LogP contribution in [0.1, 0.15) is 11.8 Å². The Morgan fingerprint density at radius 1 is 1.12 bits per heavy atom. The molecule has 0 saturated carbocycles. The van der Waals surface area contributed by atoms with E-state index in [1.54, 1.807) is 10.9 Å². The molecule has 1 saturated heterocycles. The van der Waals surface area contributed by atoms with E-state index in [0.29, 0.717) is 30.3 Å². The molecule has 3 aromatic rings. The van der Waals surface area contributed by atoms with Crippen LogP contribution in [0.25, 0.3) is 11.2 Å². The highest BCUT2D eigenvalue weighted by Gasteiger charge is 2.46. The summed E-state index contributed by atoms with van der Waals surface area (Å²) in [6.45, 7) is 7.41. The van der Waals surface area contributed by atoms with Gasteiger partial charge in [0.05, 0.1) is 26.1 Å². The van der Waals surface area contributed by atoms with E-state index in [-0.39, 0.29) is 6.61 Å². The molecule has 0 aliphatic carbocycles. The number of fused-ring (bicyclic) bond motifs is 1. The van der Waals surface area contributed by atoms with Crippen LogP contribution < -0.4 is 4.74 Å². The van der Waals surface area contributed by atoms with Crippen LogP contribution in [0.3, 0.4) is 0 Å². The molecule has 172 valence electrons. The Labute approximate surface area is 188 Å². The van der Waals surface area contributed by atoms with Crippen molar-refractivity contribution in [1.82, 2.24) is 19.5 Å². The molecule has 32 heavy (non-hydrogen) atoms. The fourth-order valence-corrected chi connectivity index (χ4v) is 4.33. The number of benzene rings is 1. The summed E-state index contributed by atoms with van der Waals surface area (Å²) >= 11 is 0. The fraction of sp³-hybridized carbons (Fsp3) is 0.500. The minimum atomic E-state index is -1.24. The molecule has 1 fully saturated rings. The van der Waals surface area contributed by atoms with Crippen LogP contribution in [-0.4, -0.2) is 69.3 Å². The van der Waals surface area contributed by atoms with Crippen molar-refractivity contribution in [3.05, 3.63) is 48.5 Å². The summed E-state index contributed by atoms with van der Waals surface area (Å²) in [5, 5.41) is 20.4. The molecule has 4 atom stereocenters. The zero-order chi connectivity index (χ0) is 22.7. The van der Waals surface area contributed by atoms with Crippen LogP contribution in [0.15, 0.2) is 43.0 Å².